The maximum Gasteiger partial charge on any atom is 0.239 e. The van der Waals surface area contributed by atoms with Crippen LogP contribution in [0.2, 0.25) is 0 Å². The predicted molar refractivity (Wildman–Crippen MR) is 61.9 cm³/mol. The summed E-state index contributed by atoms with van der Waals surface area (Å²) in [6.45, 7) is 0.749. The van der Waals surface area contributed by atoms with Crippen molar-refractivity contribution in [2.75, 3.05) is 5.73 Å². The molecule has 4 nitrogen and oxygen atoms in total. The Morgan fingerprint density at radius 3 is 3.00 bits per heavy atom. The second kappa shape index (κ2) is 3.84. The molecule has 1 unspecified atom stereocenters. The summed E-state index contributed by atoms with van der Waals surface area (Å²) < 4.78 is 15.5. The highest BCUT2D eigenvalue weighted by molar-refractivity contribution is 5.25. The fourth-order valence-corrected chi connectivity index (χ4v) is 2.40. The lowest BCUT2D eigenvalue weighted by molar-refractivity contribution is 0.424. The molecule has 1 aromatic heterocycles. The van der Waals surface area contributed by atoms with Crippen LogP contribution in [0.1, 0.15) is 23.7 Å². The van der Waals surface area contributed by atoms with Gasteiger partial charge in [0.25, 0.3) is 0 Å². The molecular weight excluding hydrogens is 219 g/mol. The lowest BCUT2D eigenvalue weighted by Crippen LogP contribution is -2.19. The number of benzene rings is 1. The van der Waals surface area contributed by atoms with Crippen molar-refractivity contribution in [3.63, 3.8) is 0 Å². The molecule has 5 heteroatoms. The summed E-state index contributed by atoms with van der Waals surface area (Å²) in [6.07, 6.45) is 1.57. The summed E-state index contributed by atoms with van der Waals surface area (Å²) in [6, 6.07) is 6.92. The Hall–Kier alpha value is -1.91. The fraction of sp³-hybridized carbons (Fsp3) is 0.333. The van der Waals surface area contributed by atoms with Gasteiger partial charge < -0.3 is 5.73 Å². The number of rotatable bonds is 1. The van der Waals surface area contributed by atoms with Gasteiger partial charge in [-0.15, -0.1) is 5.10 Å². The number of nitrogens with two attached hydrogens (primary N) is 1. The highest BCUT2D eigenvalue weighted by atomic mass is 19.1. The summed E-state index contributed by atoms with van der Waals surface area (Å²) in [5.74, 6) is 1.18. The van der Waals surface area contributed by atoms with Gasteiger partial charge in [0.15, 0.2) is 0 Å². The number of hydrogen-bond acceptors (Lipinski definition) is 3. The molecule has 88 valence electrons. The van der Waals surface area contributed by atoms with Gasteiger partial charge in [0.1, 0.15) is 11.6 Å². The maximum atomic E-state index is 13.7. The Labute approximate surface area is 98.3 Å². The highest BCUT2D eigenvalue weighted by Gasteiger charge is 2.24. The normalized spacial score (nSPS) is 19.0. The molecule has 0 spiro atoms. The summed E-state index contributed by atoms with van der Waals surface area (Å²) in [7, 11) is 0. The first-order valence-corrected chi connectivity index (χ1v) is 5.67. The Morgan fingerprint density at radius 2 is 2.18 bits per heavy atom. The van der Waals surface area contributed by atoms with Crippen LogP contribution in [-0.4, -0.2) is 14.8 Å². The van der Waals surface area contributed by atoms with E-state index in [4.69, 9.17) is 5.73 Å². The Kier molecular flexibility index (Phi) is 2.31. The Balaban J connectivity index is 1.91. The average molecular weight is 232 g/mol. The van der Waals surface area contributed by atoms with Gasteiger partial charge in [0.05, 0.1) is 0 Å². The maximum absolute atomic E-state index is 13.7. The van der Waals surface area contributed by atoms with E-state index in [1.165, 1.54) is 6.07 Å². The molecule has 0 fully saturated rings. The van der Waals surface area contributed by atoms with E-state index in [2.05, 4.69) is 10.1 Å². The number of fused-ring (bicyclic) bond motifs is 1. The predicted octanol–water partition coefficient (Wildman–Crippen LogP) is 1.73. The third-order valence-corrected chi connectivity index (χ3v) is 3.23. The van der Waals surface area contributed by atoms with Crippen molar-refractivity contribution >= 4 is 5.95 Å². The molecule has 17 heavy (non-hydrogen) atoms. The molecule has 1 atom stereocenters. The summed E-state index contributed by atoms with van der Waals surface area (Å²) in [5.41, 5.74) is 6.32. The number of aromatic nitrogens is 3. The number of aryl methyl sites for hydroxylation is 1. The summed E-state index contributed by atoms with van der Waals surface area (Å²) in [5, 5.41) is 4.09. The molecule has 2 aromatic rings. The zero-order valence-corrected chi connectivity index (χ0v) is 9.31. The van der Waals surface area contributed by atoms with E-state index in [1.54, 1.807) is 6.07 Å². The van der Waals surface area contributed by atoms with Crippen molar-refractivity contribution in [3.05, 3.63) is 41.5 Å². The molecule has 0 saturated heterocycles. The molecular formula is C12H13FN4. The van der Waals surface area contributed by atoms with Crippen molar-refractivity contribution in [1.29, 1.82) is 0 Å². The minimum atomic E-state index is -0.140. The van der Waals surface area contributed by atoms with Crippen LogP contribution in [-0.2, 0) is 13.0 Å². The minimum absolute atomic E-state index is 0.140. The standard InChI is InChI=1S/C12H13FN4/c13-10-4-2-1-3-9(10)8-5-6-17-11(7-8)15-12(14)16-17/h1-4,8H,5-7H2,(H2,14,16). The minimum Gasteiger partial charge on any atom is -0.366 e. The van der Waals surface area contributed by atoms with Crippen LogP contribution in [0.3, 0.4) is 0 Å². The number of anilines is 1. The first-order chi connectivity index (χ1) is 8.24. The number of nitrogens with zero attached hydrogens (tertiary/aromatic N) is 3. The topological polar surface area (TPSA) is 56.7 Å². The fourth-order valence-electron chi connectivity index (χ4n) is 2.40. The van der Waals surface area contributed by atoms with E-state index in [-0.39, 0.29) is 11.7 Å². The second-order valence-electron chi connectivity index (χ2n) is 4.32. The quantitative estimate of drug-likeness (QED) is 0.814. The van der Waals surface area contributed by atoms with Gasteiger partial charge in [-0.1, -0.05) is 18.2 Å². The third-order valence-electron chi connectivity index (χ3n) is 3.23. The molecule has 1 aromatic carbocycles. The molecule has 3 rings (SSSR count). The molecule has 0 amide bonds. The van der Waals surface area contributed by atoms with Crippen LogP contribution in [0, 0.1) is 5.82 Å². The second-order valence-corrected chi connectivity index (χ2v) is 4.32. The van der Waals surface area contributed by atoms with Crippen LogP contribution >= 0.6 is 0 Å². The van der Waals surface area contributed by atoms with Crippen LogP contribution in [0.15, 0.2) is 24.3 Å². The van der Waals surface area contributed by atoms with Gasteiger partial charge in [0.2, 0.25) is 5.95 Å². The highest BCUT2D eigenvalue weighted by Crippen LogP contribution is 2.30. The zero-order chi connectivity index (χ0) is 11.8. The van der Waals surface area contributed by atoms with E-state index >= 15 is 0 Å². The number of halogens is 1. The third kappa shape index (κ3) is 1.77. The van der Waals surface area contributed by atoms with Gasteiger partial charge >= 0.3 is 0 Å². The molecule has 2 N–H and O–H groups in total. The number of nitrogen functional groups attached to an aromatic ring is 1. The zero-order valence-electron chi connectivity index (χ0n) is 9.31. The smallest absolute Gasteiger partial charge is 0.239 e. The van der Waals surface area contributed by atoms with E-state index in [1.807, 2.05) is 16.8 Å². The SMILES string of the molecule is Nc1nc2n(n1)CCC(c1ccccc1F)C2. The molecule has 0 radical (unpaired) electrons. The van der Waals surface area contributed by atoms with Crippen molar-refractivity contribution in [1.82, 2.24) is 14.8 Å². The van der Waals surface area contributed by atoms with Gasteiger partial charge in [0, 0.05) is 13.0 Å². The first-order valence-electron chi connectivity index (χ1n) is 5.67. The van der Waals surface area contributed by atoms with Crippen molar-refractivity contribution in [2.24, 2.45) is 0 Å². The monoisotopic (exact) mass is 232 g/mol. The van der Waals surface area contributed by atoms with Crippen molar-refractivity contribution in [2.45, 2.75) is 25.3 Å². The van der Waals surface area contributed by atoms with Crippen LogP contribution in [0.25, 0.3) is 0 Å². The molecule has 2 heterocycles. The van der Waals surface area contributed by atoms with E-state index < -0.39 is 0 Å². The molecule has 1 aliphatic heterocycles. The largest absolute Gasteiger partial charge is 0.366 e. The summed E-state index contributed by atoms with van der Waals surface area (Å²) in [4.78, 5) is 4.16. The number of hydrogen-bond donors (Lipinski definition) is 1. The molecule has 1 aliphatic rings. The van der Waals surface area contributed by atoms with E-state index in [0.717, 1.165) is 24.4 Å². The average Bonchev–Trinajstić information content (AvgIpc) is 2.68. The Morgan fingerprint density at radius 1 is 1.35 bits per heavy atom. The van der Waals surface area contributed by atoms with Gasteiger partial charge in [-0.2, -0.15) is 4.98 Å². The van der Waals surface area contributed by atoms with Crippen molar-refractivity contribution in [3.8, 4) is 0 Å². The molecule has 0 bridgehead atoms. The van der Waals surface area contributed by atoms with Crippen molar-refractivity contribution < 1.29 is 4.39 Å². The van der Waals surface area contributed by atoms with E-state index in [9.17, 15) is 4.39 Å². The summed E-state index contributed by atoms with van der Waals surface area (Å²) >= 11 is 0. The molecule has 0 aliphatic carbocycles. The van der Waals surface area contributed by atoms with Gasteiger partial charge in [-0.3, -0.25) is 0 Å². The lowest BCUT2D eigenvalue weighted by atomic mass is 9.90. The first kappa shape index (κ1) is 10.3. The van der Waals surface area contributed by atoms with Crippen LogP contribution < -0.4 is 5.73 Å². The van der Waals surface area contributed by atoms with Gasteiger partial charge in [-0.25, -0.2) is 9.07 Å². The Bertz CT molecular complexity index is 549. The molecule has 0 saturated carbocycles. The van der Waals surface area contributed by atoms with E-state index in [0.29, 0.717) is 12.4 Å². The van der Waals surface area contributed by atoms with Crippen LogP contribution in [0.4, 0.5) is 10.3 Å². The van der Waals surface area contributed by atoms with Gasteiger partial charge in [-0.05, 0) is 24.0 Å². The lowest BCUT2D eigenvalue weighted by Gasteiger charge is -2.22. The van der Waals surface area contributed by atoms with Crippen LogP contribution in [0.5, 0.6) is 0 Å².